The van der Waals surface area contributed by atoms with Crippen molar-refractivity contribution in [2.75, 3.05) is 19.0 Å². The summed E-state index contributed by atoms with van der Waals surface area (Å²) in [5.41, 5.74) is 5.94. The molecule has 0 radical (unpaired) electrons. The lowest BCUT2D eigenvalue weighted by molar-refractivity contribution is 0.415. The Morgan fingerprint density at radius 1 is 1.08 bits per heavy atom. The molecule has 1 aliphatic rings. The minimum Gasteiger partial charge on any atom is -0.497 e. The molecule has 25 heavy (non-hydrogen) atoms. The molecule has 0 fully saturated rings. The van der Waals surface area contributed by atoms with E-state index in [4.69, 9.17) is 9.84 Å². The Kier molecular flexibility index (Phi) is 3.96. The van der Waals surface area contributed by atoms with Gasteiger partial charge in [0.15, 0.2) is 0 Å². The first-order chi connectivity index (χ1) is 12.2. The van der Waals surface area contributed by atoms with Crippen LogP contribution < -0.4 is 10.1 Å². The second kappa shape index (κ2) is 6.28. The second-order valence-corrected chi connectivity index (χ2v) is 6.71. The molecular formula is C21H23N3O. The van der Waals surface area contributed by atoms with Crippen LogP contribution in [0, 0.1) is 0 Å². The van der Waals surface area contributed by atoms with Gasteiger partial charge < -0.3 is 10.1 Å². The summed E-state index contributed by atoms with van der Waals surface area (Å²) < 4.78 is 7.36. The van der Waals surface area contributed by atoms with Crippen LogP contribution in [-0.4, -0.2) is 23.4 Å². The fraction of sp³-hybridized carbons (Fsp3) is 0.286. The number of hydrogen-bond acceptors (Lipinski definition) is 3. The third-order valence-electron chi connectivity index (χ3n) is 4.80. The number of nitrogens with one attached hydrogen (secondary N) is 1. The van der Waals surface area contributed by atoms with Crippen LogP contribution in [0.15, 0.2) is 48.5 Å². The Labute approximate surface area is 148 Å². The van der Waals surface area contributed by atoms with Gasteiger partial charge in [-0.05, 0) is 48.2 Å². The van der Waals surface area contributed by atoms with E-state index in [0.29, 0.717) is 5.92 Å². The molecule has 0 spiro atoms. The Balaban J connectivity index is 1.86. The van der Waals surface area contributed by atoms with Crippen molar-refractivity contribution in [3.8, 4) is 22.7 Å². The largest absolute Gasteiger partial charge is 0.497 e. The normalized spacial score (nSPS) is 13.0. The Morgan fingerprint density at radius 3 is 2.56 bits per heavy atom. The molecule has 2 aromatic carbocycles. The van der Waals surface area contributed by atoms with E-state index in [1.165, 1.54) is 11.1 Å². The van der Waals surface area contributed by atoms with Gasteiger partial charge in [0.25, 0.3) is 0 Å². The fourth-order valence-electron chi connectivity index (χ4n) is 3.50. The van der Waals surface area contributed by atoms with E-state index in [1.807, 2.05) is 12.1 Å². The maximum atomic E-state index is 5.28. The third kappa shape index (κ3) is 2.68. The average molecular weight is 333 g/mol. The van der Waals surface area contributed by atoms with Crippen LogP contribution in [0.3, 0.4) is 0 Å². The lowest BCUT2D eigenvalue weighted by atomic mass is 10.0. The van der Waals surface area contributed by atoms with Crippen molar-refractivity contribution >= 4 is 5.82 Å². The molecule has 0 amide bonds. The quantitative estimate of drug-likeness (QED) is 0.756. The molecule has 0 unspecified atom stereocenters. The van der Waals surface area contributed by atoms with Gasteiger partial charge in [-0.3, -0.25) is 0 Å². The lowest BCUT2D eigenvalue weighted by Gasteiger charge is -2.14. The molecule has 128 valence electrons. The molecule has 1 N–H and O–H groups in total. The number of methoxy groups -OCH3 is 1. The van der Waals surface area contributed by atoms with Crippen molar-refractivity contribution in [2.45, 2.75) is 26.2 Å². The summed E-state index contributed by atoms with van der Waals surface area (Å²) in [6.07, 6.45) is 1.00. The average Bonchev–Trinajstić information content (AvgIpc) is 3.24. The monoisotopic (exact) mass is 333 g/mol. The number of benzene rings is 2. The number of rotatable bonds is 4. The predicted octanol–water partition coefficient (Wildman–Crippen LogP) is 4.64. The zero-order chi connectivity index (χ0) is 17.4. The zero-order valence-electron chi connectivity index (χ0n) is 14.9. The maximum absolute atomic E-state index is 5.28. The molecule has 4 rings (SSSR count). The highest BCUT2D eigenvalue weighted by Gasteiger charge is 2.25. The molecule has 0 bridgehead atoms. The third-order valence-corrected chi connectivity index (χ3v) is 4.80. The Bertz CT molecular complexity index is 894. The summed E-state index contributed by atoms with van der Waals surface area (Å²) in [6, 6.07) is 16.7. The molecule has 4 nitrogen and oxygen atoms in total. The number of para-hydroxylation sites is 1. The first kappa shape index (κ1) is 15.8. The van der Waals surface area contributed by atoms with Crippen LogP contribution in [0.1, 0.15) is 30.9 Å². The minimum absolute atomic E-state index is 0.446. The maximum Gasteiger partial charge on any atom is 0.133 e. The summed E-state index contributed by atoms with van der Waals surface area (Å²) in [6.45, 7) is 5.40. The van der Waals surface area contributed by atoms with E-state index in [2.05, 4.69) is 60.2 Å². The number of hydrogen-bond donors (Lipinski definition) is 1. The van der Waals surface area contributed by atoms with Crippen LogP contribution in [0.4, 0.5) is 5.82 Å². The van der Waals surface area contributed by atoms with Crippen molar-refractivity contribution < 1.29 is 4.74 Å². The molecule has 4 heteroatoms. The summed E-state index contributed by atoms with van der Waals surface area (Å²) >= 11 is 0. The zero-order valence-corrected chi connectivity index (χ0v) is 14.9. The van der Waals surface area contributed by atoms with Gasteiger partial charge in [-0.25, -0.2) is 4.68 Å². The van der Waals surface area contributed by atoms with Gasteiger partial charge in [0, 0.05) is 17.7 Å². The highest BCUT2D eigenvalue weighted by atomic mass is 16.5. The number of aromatic nitrogens is 2. The van der Waals surface area contributed by atoms with Crippen LogP contribution in [0.5, 0.6) is 5.75 Å². The smallest absolute Gasteiger partial charge is 0.133 e. The standard InChI is InChI=1S/C21H23N3O/c1-14(2)17-6-4-5-7-19(17)24-21-18(12-13-22-21)20(23-24)15-8-10-16(25-3)11-9-15/h4-11,14,22H,12-13H2,1-3H3. The van der Waals surface area contributed by atoms with Crippen LogP contribution in [0.25, 0.3) is 16.9 Å². The predicted molar refractivity (Wildman–Crippen MR) is 102 cm³/mol. The number of fused-ring (bicyclic) bond motifs is 1. The van der Waals surface area contributed by atoms with Gasteiger partial charge in [0.1, 0.15) is 11.6 Å². The summed E-state index contributed by atoms with van der Waals surface area (Å²) in [4.78, 5) is 0. The van der Waals surface area contributed by atoms with Crippen molar-refractivity contribution in [1.82, 2.24) is 9.78 Å². The molecule has 0 saturated carbocycles. The molecular weight excluding hydrogens is 310 g/mol. The first-order valence-corrected chi connectivity index (χ1v) is 8.78. The van der Waals surface area contributed by atoms with Gasteiger partial charge in [-0.1, -0.05) is 32.0 Å². The van der Waals surface area contributed by atoms with Gasteiger partial charge >= 0.3 is 0 Å². The highest BCUT2D eigenvalue weighted by molar-refractivity contribution is 5.73. The lowest BCUT2D eigenvalue weighted by Crippen LogP contribution is -2.07. The van der Waals surface area contributed by atoms with Crippen molar-refractivity contribution in [3.63, 3.8) is 0 Å². The topological polar surface area (TPSA) is 39.1 Å². The van der Waals surface area contributed by atoms with Crippen molar-refractivity contribution in [1.29, 1.82) is 0 Å². The second-order valence-electron chi connectivity index (χ2n) is 6.71. The molecule has 3 aromatic rings. The van der Waals surface area contributed by atoms with Crippen LogP contribution in [0.2, 0.25) is 0 Å². The number of anilines is 1. The van der Waals surface area contributed by atoms with Gasteiger partial charge in [0.05, 0.1) is 18.5 Å². The molecule has 0 atom stereocenters. The summed E-state index contributed by atoms with van der Waals surface area (Å²) in [7, 11) is 1.69. The van der Waals surface area contributed by atoms with E-state index >= 15 is 0 Å². The van der Waals surface area contributed by atoms with Gasteiger partial charge in [-0.15, -0.1) is 0 Å². The van der Waals surface area contributed by atoms with Crippen molar-refractivity contribution in [2.24, 2.45) is 0 Å². The Hall–Kier alpha value is -2.75. The summed E-state index contributed by atoms with van der Waals surface area (Å²) in [5.74, 6) is 2.43. The Morgan fingerprint density at radius 2 is 1.84 bits per heavy atom. The first-order valence-electron chi connectivity index (χ1n) is 8.78. The molecule has 0 saturated heterocycles. The fourth-order valence-corrected chi connectivity index (χ4v) is 3.50. The SMILES string of the molecule is COc1ccc(-c2nn(-c3ccccc3C(C)C)c3c2CCN3)cc1. The molecule has 0 aliphatic carbocycles. The van der Waals surface area contributed by atoms with Crippen LogP contribution in [-0.2, 0) is 6.42 Å². The van der Waals surface area contributed by atoms with E-state index in [9.17, 15) is 0 Å². The van der Waals surface area contributed by atoms with E-state index in [-0.39, 0.29) is 0 Å². The summed E-state index contributed by atoms with van der Waals surface area (Å²) in [5, 5.41) is 8.51. The number of ether oxygens (including phenoxy) is 1. The van der Waals surface area contributed by atoms with E-state index in [1.54, 1.807) is 7.11 Å². The minimum atomic E-state index is 0.446. The molecule has 1 aliphatic heterocycles. The van der Waals surface area contributed by atoms with Crippen molar-refractivity contribution in [3.05, 3.63) is 59.7 Å². The van der Waals surface area contributed by atoms with Gasteiger partial charge in [0.2, 0.25) is 0 Å². The molecule has 2 heterocycles. The molecule has 1 aromatic heterocycles. The number of nitrogens with zero attached hydrogens (tertiary/aromatic N) is 2. The highest BCUT2D eigenvalue weighted by Crippen LogP contribution is 2.36. The van der Waals surface area contributed by atoms with Crippen LogP contribution >= 0.6 is 0 Å². The van der Waals surface area contributed by atoms with Gasteiger partial charge in [-0.2, -0.15) is 5.10 Å². The van der Waals surface area contributed by atoms with E-state index in [0.717, 1.165) is 41.5 Å². The van der Waals surface area contributed by atoms with E-state index < -0.39 is 0 Å².